The number of non-ortho nitro benzene ring substituents is 1. The molecule has 0 bridgehead atoms. The molecule has 7 nitrogen and oxygen atoms in total. The van der Waals surface area contributed by atoms with Crippen molar-refractivity contribution in [2.75, 3.05) is 12.4 Å². The summed E-state index contributed by atoms with van der Waals surface area (Å²) in [4.78, 5) is 35.7. The molecular formula is C23H18N2O5. The number of hydrogen-bond donors (Lipinski definition) is 1. The van der Waals surface area contributed by atoms with Crippen LogP contribution in [0.25, 0.3) is 11.6 Å². The molecule has 150 valence electrons. The number of nitro benzene ring substituents is 1. The Morgan fingerprint density at radius 2 is 1.67 bits per heavy atom. The van der Waals surface area contributed by atoms with Crippen molar-refractivity contribution < 1.29 is 19.2 Å². The van der Waals surface area contributed by atoms with E-state index < -0.39 is 16.8 Å². The summed E-state index contributed by atoms with van der Waals surface area (Å²) in [7, 11) is 1.26. The van der Waals surface area contributed by atoms with E-state index in [2.05, 4.69) is 5.32 Å². The van der Waals surface area contributed by atoms with Crippen molar-refractivity contribution in [1.29, 1.82) is 0 Å². The Bertz CT molecular complexity index is 1120. The second-order valence-electron chi connectivity index (χ2n) is 6.27. The number of benzene rings is 3. The average molecular weight is 402 g/mol. The van der Waals surface area contributed by atoms with E-state index in [0.717, 1.165) is 0 Å². The number of para-hydroxylation sites is 1. The normalized spacial score (nSPS) is 10.9. The van der Waals surface area contributed by atoms with Crippen LogP contribution in [0.3, 0.4) is 0 Å². The highest BCUT2D eigenvalue weighted by molar-refractivity contribution is 6.29. The highest BCUT2D eigenvalue weighted by Gasteiger charge is 2.17. The van der Waals surface area contributed by atoms with Gasteiger partial charge in [-0.05, 0) is 29.3 Å². The fourth-order valence-electron chi connectivity index (χ4n) is 2.86. The molecule has 0 unspecified atom stereocenters. The van der Waals surface area contributed by atoms with Gasteiger partial charge in [-0.25, -0.2) is 4.79 Å². The molecule has 3 aromatic rings. The lowest BCUT2D eigenvalue weighted by atomic mass is 10.0. The van der Waals surface area contributed by atoms with Crippen molar-refractivity contribution >= 4 is 34.9 Å². The lowest BCUT2D eigenvalue weighted by Gasteiger charge is -2.12. The molecule has 0 saturated heterocycles. The molecule has 30 heavy (non-hydrogen) atoms. The number of nitrogens with one attached hydrogen (secondary N) is 1. The zero-order valence-corrected chi connectivity index (χ0v) is 16.1. The first-order chi connectivity index (χ1) is 14.5. The van der Waals surface area contributed by atoms with Crippen LogP contribution in [0.4, 0.5) is 11.4 Å². The lowest BCUT2D eigenvalue weighted by Crippen LogP contribution is -2.16. The molecule has 0 fully saturated rings. The summed E-state index contributed by atoms with van der Waals surface area (Å²) >= 11 is 0. The number of nitrogens with zero attached hydrogens (tertiary/aromatic N) is 1. The quantitative estimate of drug-likeness (QED) is 0.214. The highest BCUT2D eigenvalue weighted by Crippen LogP contribution is 2.24. The monoisotopic (exact) mass is 402 g/mol. The van der Waals surface area contributed by atoms with Crippen LogP contribution >= 0.6 is 0 Å². The maximum absolute atomic E-state index is 13.1. The minimum absolute atomic E-state index is 0.0763. The van der Waals surface area contributed by atoms with Crippen molar-refractivity contribution in [2.24, 2.45) is 0 Å². The Morgan fingerprint density at radius 1 is 0.967 bits per heavy atom. The van der Waals surface area contributed by atoms with Gasteiger partial charge in [0.1, 0.15) is 0 Å². The minimum Gasteiger partial charge on any atom is -0.465 e. The highest BCUT2D eigenvalue weighted by atomic mass is 16.6. The standard InChI is InChI=1S/C23H18N2O5/c1-30-23(27)19-12-5-6-13-21(19)24-22(26)20(17-9-3-2-4-10-17)15-16-8-7-11-18(14-16)25(28)29/h2-15H,1H3,(H,24,26)/b20-15+. The molecule has 1 amide bonds. The molecule has 0 aliphatic carbocycles. The summed E-state index contributed by atoms with van der Waals surface area (Å²) in [6.45, 7) is 0. The van der Waals surface area contributed by atoms with Crippen molar-refractivity contribution in [1.82, 2.24) is 0 Å². The molecule has 7 heteroatoms. The van der Waals surface area contributed by atoms with E-state index in [4.69, 9.17) is 4.74 Å². The Hall–Kier alpha value is -4.26. The number of methoxy groups -OCH3 is 1. The molecule has 0 atom stereocenters. The van der Waals surface area contributed by atoms with Gasteiger partial charge >= 0.3 is 5.97 Å². The molecule has 0 aliphatic rings. The molecule has 0 saturated carbocycles. The molecule has 3 rings (SSSR count). The third-order valence-electron chi connectivity index (χ3n) is 4.30. The van der Waals surface area contributed by atoms with Gasteiger partial charge in [0, 0.05) is 17.7 Å². The van der Waals surface area contributed by atoms with Gasteiger partial charge in [-0.1, -0.05) is 54.6 Å². The Kier molecular flexibility index (Phi) is 6.34. The van der Waals surface area contributed by atoms with E-state index in [0.29, 0.717) is 16.8 Å². The zero-order chi connectivity index (χ0) is 21.5. The maximum Gasteiger partial charge on any atom is 0.339 e. The number of carbonyl (C=O) groups is 2. The zero-order valence-electron chi connectivity index (χ0n) is 16.1. The van der Waals surface area contributed by atoms with Crippen LogP contribution in [-0.4, -0.2) is 23.9 Å². The van der Waals surface area contributed by atoms with Crippen LogP contribution in [0.1, 0.15) is 21.5 Å². The molecule has 3 aromatic carbocycles. The summed E-state index contributed by atoms with van der Waals surface area (Å²) in [5, 5.41) is 13.8. The van der Waals surface area contributed by atoms with E-state index >= 15 is 0 Å². The number of carbonyl (C=O) groups excluding carboxylic acids is 2. The third-order valence-corrected chi connectivity index (χ3v) is 4.30. The number of hydrogen-bond acceptors (Lipinski definition) is 5. The molecule has 0 aromatic heterocycles. The van der Waals surface area contributed by atoms with Crippen molar-refractivity contribution in [3.8, 4) is 0 Å². The van der Waals surface area contributed by atoms with E-state index in [1.54, 1.807) is 66.7 Å². The van der Waals surface area contributed by atoms with Gasteiger partial charge < -0.3 is 10.1 Å². The number of rotatable bonds is 6. The summed E-state index contributed by atoms with van der Waals surface area (Å²) in [5.41, 5.74) is 1.85. The van der Waals surface area contributed by atoms with Crippen LogP contribution in [-0.2, 0) is 9.53 Å². The number of amides is 1. The van der Waals surface area contributed by atoms with E-state index in [9.17, 15) is 19.7 Å². The van der Waals surface area contributed by atoms with Gasteiger partial charge in [-0.3, -0.25) is 14.9 Å². The van der Waals surface area contributed by atoms with Gasteiger partial charge in [0.05, 0.1) is 23.3 Å². The van der Waals surface area contributed by atoms with E-state index in [-0.39, 0.29) is 16.8 Å². The SMILES string of the molecule is COC(=O)c1ccccc1NC(=O)/C(=C/c1cccc([N+](=O)[O-])c1)c1ccccc1. The predicted octanol–water partition coefficient (Wildman–Crippen LogP) is 4.56. The van der Waals surface area contributed by atoms with Gasteiger partial charge in [-0.2, -0.15) is 0 Å². The molecule has 0 heterocycles. The van der Waals surface area contributed by atoms with E-state index in [1.165, 1.54) is 19.2 Å². The van der Waals surface area contributed by atoms with Crippen molar-refractivity contribution in [3.63, 3.8) is 0 Å². The third kappa shape index (κ3) is 4.77. The van der Waals surface area contributed by atoms with Crippen molar-refractivity contribution in [2.45, 2.75) is 0 Å². The van der Waals surface area contributed by atoms with Crippen LogP contribution in [0.2, 0.25) is 0 Å². The molecular weight excluding hydrogens is 384 g/mol. The van der Waals surface area contributed by atoms with Gasteiger partial charge in [0.15, 0.2) is 0 Å². The molecule has 0 spiro atoms. The van der Waals surface area contributed by atoms with Crippen LogP contribution in [0, 0.1) is 10.1 Å². The molecule has 0 aliphatic heterocycles. The van der Waals surface area contributed by atoms with E-state index in [1.807, 2.05) is 6.07 Å². The van der Waals surface area contributed by atoms with Gasteiger partial charge in [-0.15, -0.1) is 0 Å². The number of ether oxygens (including phenoxy) is 1. The number of nitro groups is 1. The topological polar surface area (TPSA) is 98.5 Å². The predicted molar refractivity (Wildman–Crippen MR) is 114 cm³/mol. The fraction of sp³-hybridized carbons (Fsp3) is 0.0435. The smallest absolute Gasteiger partial charge is 0.339 e. The summed E-state index contributed by atoms with van der Waals surface area (Å²) in [5.74, 6) is -1.04. The Labute approximate surface area is 172 Å². The second kappa shape index (κ2) is 9.29. The average Bonchev–Trinajstić information content (AvgIpc) is 2.78. The van der Waals surface area contributed by atoms with Crippen LogP contribution in [0.15, 0.2) is 78.9 Å². The van der Waals surface area contributed by atoms with Gasteiger partial charge in [0.2, 0.25) is 0 Å². The number of esters is 1. The van der Waals surface area contributed by atoms with Crippen LogP contribution < -0.4 is 5.32 Å². The Morgan fingerprint density at radius 3 is 2.37 bits per heavy atom. The molecule has 1 N–H and O–H groups in total. The van der Waals surface area contributed by atoms with Crippen LogP contribution in [0.5, 0.6) is 0 Å². The second-order valence-corrected chi connectivity index (χ2v) is 6.27. The summed E-state index contributed by atoms with van der Waals surface area (Å²) < 4.78 is 4.77. The van der Waals surface area contributed by atoms with Crippen molar-refractivity contribution in [3.05, 3.63) is 106 Å². The first-order valence-electron chi connectivity index (χ1n) is 9.00. The first-order valence-corrected chi connectivity index (χ1v) is 9.00. The van der Waals surface area contributed by atoms with Gasteiger partial charge in [0.25, 0.3) is 11.6 Å². The Balaban J connectivity index is 2.02. The number of anilines is 1. The first kappa shape index (κ1) is 20.5. The molecule has 0 radical (unpaired) electrons. The largest absolute Gasteiger partial charge is 0.465 e. The summed E-state index contributed by atoms with van der Waals surface area (Å²) in [6, 6.07) is 21.4. The summed E-state index contributed by atoms with van der Waals surface area (Å²) in [6.07, 6.45) is 1.57. The minimum atomic E-state index is -0.574. The fourth-order valence-corrected chi connectivity index (χ4v) is 2.86. The lowest BCUT2D eigenvalue weighted by molar-refractivity contribution is -0.384. The maximum atomic E-state index is 13.1.